The molecule has 0 spiro atoms. The van der Waals surface area contributed by atoms with Gasteiger partial charge < -0.3 is 4.74 Å². The molecule has 1 aromatic rings. The fourth-order valence-electron chi connectivity index (χ4n) is 1.53. The Bertz CT molecular complexity index is 423. The summed E-state index contributed by atoms with van der Waals surface area (Å²) in [5, 5.41) is 0. The molecule has 0 aliphatic rings. The molecule has 0 aliphatic carbocycles. The number of methoxy groups -OCH3 is 1. The van der Waals surface area contributed by atoms with E-state index in [2.05, 4.69) is 4.74 Å². The van der Waals surface area contributed by atoms with Crippen molar-refractivity contribution in [2.75, 3.05) is 7.11 Å². The lowest BCUT2D eigenvalue weighted by Crippen LogP contribution is -2.13. The lowest BCUT2D eigenvalue weighted by Gasteiger charge is -2.01. The van der Waals surface area contributed by atoms with Crippen LogP contribution < -0.4 is 0 Å². The van der Waals surface area contributed by atoms with Gasteiger partial charge in [-0.3, -0.25) is 14.4 Å². The SMILES string of the molecule is COC(=O)CC(=O)CC(=O)CCc1ccccc1. The van der Waals surface area contributed by atoms with Crippen LogP contribution in [0.4, 0.5) is 0 Å². The molecule has 0 amide bonds. The second-order valence-electron chi connectivity index (χ2n) is 3.99. The van der Waals surface area contributed by atoms with Crippen molar-refractivity contribution in [2.24, 2.45) is 0 Å². The van der Waals surface area contributed by atoms with Crippen molar-refractivity contribution in [1.29, 1.82) is 0 Å². The predicted molar refractivity (Wildman–Crippen MR) is 66.0 cm³/mol. The second kappa shape index (κ2) is 7.37. The highest BCUT2D eigenvalue weighted by Gasteiger charge is 2.13. The van der Waals surface area contributed by atoms with Crippen LogP contribution in [0.3, 0.4) is 0 Å². The van der Waals surface area contributed by atoms with Gasteiger partial charge in [0, 0.05) is 6.42 Å². The maximum atomic E-state index is 11.5. The van der Waals surface area contributed by atoms with Gasteiger partial charge in [-0.05, 0) is 12.0 Å². The molecule has 0 fully saturated rings. The first kappa shape index (κ1) is 14.1. The zero-order valence-corrected chi connectivity index (χ0v) is 10.3. The fourth-order valence-corrected chi connectivity index (χ4v) is 1.53. The van der Waals surface area contributed by atoms with Crippen LogP contribution in [-0.4, -0.2) is 24.6 Å². The maximum absolute atomic E-state index is 11.5. The summed E-state index contributed by atoms with van der Waals surface area (Å²) in [6, 6.07) is 9.59. The maximum Gasteiger partial charge on any atom is 0.313 e. The van der Waals surface area contributed by atoms with Gasteiger partial charge in [0.2, 0.25) is 0 Å². The van der Waals surface area contributed by atoms with Gasteiger partial charge in [0.05, 0.1) is 13.5 Å². The molecule has 1 rings (SSSR count). The number of ketones is 2. The van der Waals surface area contributed by atoms with Gasteiger partial charge in [0.1, 0.15) is 12.2 Å². The first-order valence-corrected chi connectivity index (χ1v) is 5.76. The van der Waals surface area contributed by atoms with Crippen LogP contribution in [0.2, 0.25) is 0 Å². The van der Waals surface area contributed by atoms with E-state index in [9.17, 15) is 14.4 Å². The van der Waals surface area contributed by atoms with Gasteiger partial charge in [-0.25, -0.2) is 0 Å². The van der Waals surface area contributed by atoms with Crippen LogP contribution in [-0.2, 0) is 25.5 Å². The number of esters is 1. The van der Waals surface area contributed by atoms with E-state index in [0.29, 0.717) is 12.8 Å². The fraction of sp³-hybridized carbons (Fsp3) is 0.357. The van der Waals surface area contributed by atoms with Crippen LogP contribution in [0.1, 0.15) is 24.8 Å². The number of rotatable bonds is 7. The van der Waals surface area contributed by atoms with E-state index in [1.807, 2.05) is 30.3 Å². The van der Waals surface area contributed by atoms with E-state index >= 15 is 0 Å². The van der Waals surface area contributed by atoms with Gasteiger partial charge in [-0.1, -0.05) is 30.3 Å². The monoisotopic (exact) mass is 248 g/mol. The quantitative estimate of drug-likeness (QED) is 0.544. The molecule has 18 heavy (non-hydrogen) atoms. The number of carbonyl (C=O) groups excluding carboxylic acids is 3. The third-order valence-electron chi connectivity index (χ3n) is 2.50. The van der Waals surface area contributed by atoms with Crippen molar-refractivity contribution >= 4 is 17.5 Å². The molecular formula is C14H16O4. The zero-order chi connectivity index (χ0) is 13.4. The Morgan fingerprint density at radius 3 is 2.28 bits per heavy atom. The van der Waals surface area contributed by atoms with Gasteiger partial charge in [-0.2, -0.15) is 0 Å². The highest BCUT2D eigenvalue weighted by molar-refractivity contribution is 6.05. The summed E-state index contributed by atoms with van der Waals surface area (Å²) in [5.41, 5.74) is 1.06. The molecule has 0 bridgehead atoms. The minimum atomic E-state index is -0.601. The summed E-state index contributed by atoms with van der Waals surface area (Å²) >= 11 is 0. The minimum Gasteiger partial charge on any atom is -0.469 e. The molecule has 0 unspecified atom stereocenters. The van der Waals surface area contributed by atoms with Crippen molar-refractivity contribution in [2.45, 2.75) is 25.7 Å². The molecule has 0 heterocycles. The number of benzene rings is 1. The first-order valence-electron chi connectivity index (χ1n) is 5.76. The van der Waals surface area contributed by atoms with Crippen LogP contribution in [0.5, 0.6) is 0 Å². The number of ether oxygens (including phenoxy) is 1. The topological polar surface area (TPSA) is 60.4 Å². The van der Waals surface area contributed by atoms with Crippen molar-refractivity contribution < 1.29 is 19.1 Å². The van der Waals surface area contributed by atoms with E-state index in [-0.39, 0.29) is 24.4 Å². The summed E-state index contributed by atoms with van der Waals surface area (Å²) < 4.78 is 4.36. The number of Topliss-reactive ketones (excluding diaryl/α,β-unsaturated/α-hetero) is 2. The van der Waals surface area contributed by atoms with Gasteiger partial charge in [-0.15, -0.1) is 0 Å². The average molecular weight is 248 g/mol. The summed E-state index contributed by atoms with van der Waals surface area (Å²) in [5.74, 6) is -1.14. The Kier molecular flexibility index (Phi) is 5.77. The Morgan fingerprint density at radius 1 is 1.00 bits per heavy atom. The van der Waals surface area contributed by atoms with Gasteiger partial charge in [0.15, 0.2) is 5.78 Å². The van der Waals surface area contributed by atoms with E-state index in [1.165, 1.54) is 7.11 Å². The smallest absolute Gasteiger partial charge is 0.313 e. The van der Waals surface area contributed by atoms with E-state index < -0.39 is 5.97 Å². The van der Waals surface area contributed by atoms with E-state index in [1.54, 1.807) is 0 Å². The zero-order valence-electron chi connectivity index (χ0n) is 10.3. The standard InChI is InChI=1S/C14H16O4/c1-18-14(17)10-13(16)9-12(15)8-7-11-5-3-2-4-6-11/h2-6H,7-10H2,1H3. The molecule has 4 heteroatoms. The van der Waals surface area contributed by atoms with Crippen molar-refractivity contribution in [1.82, 2.24) is 0 Å². The lowest BCUT2D eigenvalue weighted by molar-refractivity contribution is -0.143. The normalized spacial score (nSPS) is 9.83. The molecular weight excluding hydrogens is 232 g/mol. The van der Waals surface area contributed by atoms with Crippen LogP contribution in [0, 0.1) is 0 Å². The third kappa shape index (κ3) is 5.39. The highest BCUT2D eigenvalue weighted by Crippen LogP contribution is 2.05. The summed E-state index contributed by atoms with van der Waals surface area (Å²) in [6.45, 7) is 0. The van der Waals surface area contributed by atoms with Crippen molar-refractivity contribution in [3.8, 4) is 0 Å². The third-order valence-corrected chi connectivity index (χ3v) is 2.50. The largest absolute Gasteiger partial charge is 0.469 e. The summed E-state index contributed by atoms with van der Waals surface area (Å²) in [7, 11) is 1.22. The average Bonchev–Trinajstić information content (AvgIpc) is 2.37. The second-order valence-corrected chi connectivity index (χ2v) is 3.99. The molecule has 0 N–H and O–H groups in total. The van der Waals surface area contributed by atoms with Crippen molar-refractivity contribution in [3.63, 3.8) is 0 Å². The lowest BCUT2D eigenvalue weighted by atomic mass is 10.0. The number of hydrogen-bond donors (Lipinski definition) is 0. The van der Waals surface area contributed by atoms with Crippen LogP contribution in [0.15, 0.2) is 30.3 Å². The molecule has 0 aliphatic heterocycles. The minimum absolute atomic E-state index is 0.146. The van der Waals surface area contributed by atoms with Gasteiger partial charge >= 0.3 is 5.97 Å². The summed E-state index contributed by atoms with van der Waals surface area (Å²) in [6.07, 6.45) is 0.414. The van der Waals surface area contributed by atoms with E-state index in [4.69, 9.17) is 0 Å². The van der Waals surface area contributed by atoms with Gasteiger partial charge in [0.25, 0.3) is 0 Å². The predicted octanol–water partition coefficient (Wildman–Crippen LogP) is 1.71. The Hall–Kier alpha value is -1.97. The molecule has 0 saturated heterocycles. The Morgan fingerprint density at radius 2 is 1.67 bits per heavy atom. The number of carbonyl (C=O) groups is 3. The highest BCUT2D eigenvalue weighted by atomic mass is 16.5. The number of hydrogen-bond acceptors (Lipinski definition) is 4. The molecule has 4 nitrogen and oxygen atoms in total. The number of aryl methyl sites for hydroxylation is 1. The molecule has 0 radical (unpaired) electrons. The molecule has 1 aromatic carbocycles. The Labute approximate surface area is 106 Å². The van der Waals surface area contributed by atoms with Crippen LogP contribution in [0.25, 0.3) is 0 Å². The van der Waals surface area contributed by atoms with Crippen LogP contribution >= 0.6 is 0 Å². The van der Waals surface area contributed by atoms with E-state index in [0.717, 1.165) is 5.56 Å². The Balaban J connectivity index is 2.30. The molecule has 0 atom stereocenters. The first-order chi connectivity index (χ1) is 8.61. The summed E-state index contributed by atoms with van der Waals surface area (Å²) in [4.78, 5) is 33.7. The van der Waals surface area contributed by atoms with Crippen molar-refractivity contribution in [3.05, 3.63) is 35.9 Å². The molecule has 96 valence electrons. The molecule has 0 aromatic heterocycles. The molecule has 0 saturated carbocycles.